The molecule has 0 amide bonds. The molecule has 0 saturated carbocycles. The number of nitrogens with zero attached hydrogens (tertiary/aromatic N) is 1. The Balaban J connectivity index is 3.34. The summed E-state index contributed by atoms with van der Waals surface area (Å²) in [6.07, 6.45) is -3.21. The fourth-order valence-corrected chi connectivity index (χ4v) is 1.50. The minimum Gasteiger partial charge on any atom is -0.481 e. The van der Waals surface area contributed by atoms with Crippen LogP contribution in [0, 0.1) is 11.3 Å². The quantitative estimate of drug-likeness (QED) is 0.836. The van der Waals surface area contributed by atoms with E-state index in [4.69, 9.17) is 16.1 Å². The third-order valence-electron chi connectivity index (χ3n) is 2.28. The molecule has 1 aromatic carbocycles. The number of nitrogens with two attached hydrogens (primary N) is 1. The number of carbonyl (C=O) groups is 1. The van der Waals surface area contributed by atoms with Crippen LogP contribution < -0.4 is 5.73 Å². The van der Waals surface area contributed by atoms with Crippen LogP contribution in [0.1, 0.15) is 28.7 Å². The van der Waals surface area contributed by atoms with Gasteiger partial charge < -0.3 is 10.8 Å². The van der Waals surface area contributed by atoms with Crippen LogP contribution in [0.15, 0.2) is 12.1 Å². The molecule has 17 heavy (non-hydrogen) atoms. The van der Waals surface area contributed by atoms with Crippen LogP contribution in [0.4, 0.5) is 8.78 Å². The largest absolute Gasteiger partial charge is 0.481 e. The summed E-state index contributed by atoms with van der Waals surface area (Å²) in [6.45, 7) is -0.123. The molecule has 0 aromatic heterocycles. The zero-order valence-corrected chi connectivity index (χ0v) is 8.78. The third-order valence-corrected chi connectivity index (χ3v) is 2.28. The standard InChI is InChI=1S/C11H10F2N2O2/c12-11(13)9-2-6(3-10(16)17)7(4-14)1-8(9)5-15/h1-2,11H,3,5,15H2,(H,16,17). The lowest BCUT2D eigenvalue weighted by molar-refractivity contribution is -0.136. The Labute approximate surface area is 96.3 Å². The summed E-state index contributed by atoms with van der Waals surface area (Å²) in [6, 6.07) is 4.04. The van der Waals surface area contributed by atoms with Gasteiger partial charge in [-0.15, -0.1) is 0 Å². The second-order valence-electron chi connectivity index (χ2n) is 3.40. The number of nitriles is 1. The summed E-state index contributed by atoms with van der Waals surface area (Å²) in [4.78, 5) is 10.6. The van der Waals surface area contributed by atoms with Gasteiger partial charge in [-0.05, 0) is 23.3 Å². The second kappa shape index (κ2) is 5.37. The molecule has 0 saturated heterocycles. The van der Waals surface area contributed by atoms with E-state index < -0.39 is 18.8 Å². The molecule has 0 fully saturated rings. The van der Waals surface area contributed by atoms with Gasteiger partial charge in [0.2, 0.25) is 0 Å². The van der Waals surface area contributed by atoms with Crippen molar-refractivity contribution in [3.63, 3.8) is 0 Å². The van der Waals surface area contributed by atoms with Crippen molar-refractivity contribution in [2.75, 3.05) is 0 Å². The van der Waals surface area contributed by atoms with Crippen LogP contribution in [0.5, 0.6) is 0 Å². The van der Waals surface area contributed by atoms with Crippen LogP contribution in [0.2, 0.25) is 0 Å². The molecule has 0 radical (unpaired) electrons. The number of benzene rings is 1. The predicted octanol–water partition coefficient (Wildman–Crippen LogP) is 1.58. The monoisotopic (exact) mass is 240 g/mol. The van der Waals surface area contributed by atoms with Crippen LogP contribution in [-0.2, 0) is 17.8 Å². The van der Waals surface area contributed by atoms with Crippen LogP contribution >= 0.6 is 0 Å². The lowest BCUT2D eigenvalue weighted by Gasteiger charge is -2.10. The molecule has 0 aliphatic heterocycles. The van der Waals surface area contributed by atoms with E-state index in [2.05, 4.69) is 0 Å². The van der Waals surface area contributed by atoms with Gasteiger partial charge in [-0.2, -0.15) is 5.26 Å². The van der Waals surface area contributed by atoms with Crippen molar-refractivity contribution in [1.82, 2.24) is 0 Å². The molecule has 0 atom stereocenters. The maximum Gasteiger partial charge on any atom is 0.307 e. The third kappa shape index (κ3) is 2.98. The van der Waals surface area contributed by atoms with Gasteiger partial charge >= 0.3 is 5.97 Å². The molecule has 0 unspecified atom stereocenters. The van der Waals surface area contributed by atoms with Gasteiger partial charge in [-0.3, -0.25) is 4.79 Å². The van der Waals surface area contributed by atoms with Gasteiger partial charge in [0.25, 0.3) is 6.43 Å². The highest BCUT2D eigenvalue weighted by atomic mass is 19.3. The summed E-state index contributed by atoms with van der Waals surface area (Å²) >= 11 is 0. The number of hydrogen-bond acceptors (Lipinski definition) is 3. The topological polar surface area (TPSA) is 87.1 Å². The fourth-order valence-electron chi connectivity index (χ4n) is 1.50. The van der Waals surface area contributed by atoms with Crippen LogP contribution in [0.3, 0.4) is 0 Å². The first kappa shape index (κ1) is 13.1. The minimum absolute atomic E-state index is 0.0669. The first-order valence-corrected chi connectivity index (χ1v) is 4.75. The summed E-state index contributed by atoms with van der Waals surface area (Å²) in [7, 11) is 0. The molecule has 1 aromatic rings. The molecule has 1 rings (SSSR count). The van der Waals surface area contributed by atoms with E-state index in [1.807, 2.05) is 0 Å². The number of carboxylic acids is 1. The second-order valence-corrected chi connectivity index (χ2v) is 3.40. The average Bonchev–Trinajstić information content (AvgIpc) is 2.27. The highest BCUT2D eigenvalue weighted by Crippen LogP contribution is 2.26. The van der Waals surface area contributed by atoms with Gasteiger partial charge in [0, 0.05) is 12.1 Å². The van der Waals surface area contributed by atoms with Gasteiger partial charge in [0.05, 0.1) is 18.1 Å². The van der Waals surface area contributed by atoms with Crippen LogP contribution in [-0.4, -0.2) is 11.1 Å². The lowest BCUT2D eigenvalue weighted by atomic mass is 9.97. The SMILES string of the molecule is N#Cc1cc(CN)c(C(F)F)cc1CC(=O)O. The summed E-state index contributed by atoms with van der Waals surface area (Å²) in [5.74, 6) is -1.18. The Hall–Kier alpha value is -2.00. The molecule has 90 valence electrons. The molecule has 0 bridgehead atoms. The van der Waals surface area contributed by atoms with Crippen molar-refractivity contribution in [2.45, 2.75) is 19.4 Å². The summed E-state index contributed by atoms with van der Waals surface area (Å²) in [5, 5.41) is 17.4. The number of rotatable bonds is 4. The van der Waals surface area contributed by atoms with Crippen molar-refractivity contribution < 1.29 is 18.7 Å². The zero-order valence-electron chi connectivity index (χ0n) is 8.78. The lowest BCUT2D eigenvalue weighted by Crippen LogP contribution is -2.08. The Morgan fingerprint density at radius 3 is 2.53 bits per heavy atom. The van der Waals surface area contributed by atoms with Gasteiger partial charge in [0.1, 0.15) is 0 Å². The van der Waals surface area contributed by atoms with Gasteiger partial charge in [-0.25, -0.2) is 8.78 Å². The van der Waals surface area contributed by atoms with E-state index in [-0.39, 0.29) is 28.8 Å². The highest BCUT2D eigenvalue weighted by Gasteiger charge is 2.17. The van der Waals surface area contributed by atoms with Crippen molar-refractivity contribution in [3.05, 3.63) is 34.4 Å². The highest BCUT2D eigenvalue weighted by molar-refractivity contribution is 5.71. The molecule has 0 spiro atoms. The molecule has 3 N–H and O–H groups in total. The fraction of sp³-hybridized carbons (Fsp3) is 0.273. The molecule has 0 heterocycles. The smallest absolute Gasteiger partial charge is 0.307 e. The molecule has 0 aliphatic rings. The van der Waals surface area contributed by atoms with Gasteiger partial charge in [-0.1, -0.05) is 0 Å². The maximum absolute atomic E-state index is 12.7. The minimum atomic E-state index is -2.74. The van der Waals surface area contributed by atoms with E-state index in [0.29, 0.717) is 0 Å². The van der Waals surface area contributed by atoms with Crippen LogP contribution in [0.25, 0.3) is 0 Å². The number of halogens is 2. The summed E-state index contributed by atoms with van der Waals surface area (Å²) < 4.78 is 25.4. The number of aliphatic carboxylic acids is 1. The molecular formula is C11H10F2N2O2. The normalized spacial score (nSPS) is 10.3. The van der Waals surface area contributed by atoms with Crippen molar-refractivity contribution in [3.8, 4) is 6.07 Å². The van der Waals surface area contributed by atoms with E-state index in [1.165, 1.54) is 6.07 Å². The van der Waals surface area contributed by atoms with Crippen molar-refractivity contribution in [2.24, 2.45) is 5.73 Å². The molecule has 4 nitrogen and oxygen atoms in total. The van der Waals surface area contributed by atoms with Gasteiger partial charge in [0.15, 0.2) is 0 Å². The number of carboxylic acid groups (broad SMARTS) is 1. The van der Waals surface area contributed by atoms with E-state index in [9.17, 15) is 13.6 Å². The van der Waals surface area contributed by atoms with Crippen molar-refractivity contribution >= 4 is 5.97 Å². The number of hydrogen-bond donors (Lipinski definition) is 2. The molecular weight excluding hydrogens is 230 g/mol. The van der Waals surface area contributed by atoms with Crippen molar-refractivity contribution in [1.29, 1.82) is 5.26 Å². The van der Waals surface area contributed by atoms with E-state index >= 15 is 0 Å². The Kier molecular flexibility index (Phi) is 4.12. The first-order chi connectivity index (χ1) is 7.99. The summed E-state index contributed by atoms with van der Waals surface area (Å²) in [5.41, 5.74) is 5.29. The maximum atomic E-state index is 12.7. The number of alkyl halides is 2. The average molecular weight is 240 g/mol. The Bertz CT molecular complexity index is 481. The van der Waals surface area contributed by atoms with E-state index in [1.54, 1.807) is 6.07 Å². The predicted molar refractivity (Wildman–Crippen MR) is 55.3 cm³/mol. The zero-order chi connectivity index (χ0) is 13.0. The Morgan fingerprint density at radius 2 is 2.12 bits per heavy atom. The van der Waals surface area contributed by atoms with E-state index in [0.717, 1.165) is 6.07 Å². The first-order valence-electron chi connectivity index (χ1n) is 4.75. The Morgan fingerprint density at radius 1 is 1.47 bits per heavy atom. The molecule has 0 aliphatic carbocycles. The molecule has 6 heteroatoms.